The fourth-order valence-corrected chi connectivity index (χ4v) is 3.67. The van der Waals surface area contributed by atoms with Crippen LogP contribution in [-0.4, -0.2) is 35.5 Å². The molecule has 0 spiro atoms. The smallest absolute Gasteiger partial charge is 0.242 e. The summed E-state index contributed by atoms with van der Waals surface area (Å²) < 4.78 is 0. The summed E-state index contributed by atoms with van der Waals surface area (Å²) in [5.74, 6) is 0.481. The van der Waals surface area contributed by atoms with Crippen molar-refractivity contribution in [3.05, 3.63) is 65.2 Å². The second-order valence-electron chi connectivity index (χ2n) is 5.96. The molecule has 24 heavy (non-hydrogen) atoms. The lowest BCUT2D eigenvalue weighted by atomic mass is 9.80. The van der Waals surface area contributed by atoms with Crippen molar-refractivity contribution >= 4 is 30.7 Å². The molecular formula is C18H20Cl2N2O2. The van der Waals surface area contributed by atoms with Crippen LogP contribution >= 0.6 is 24.8 Å². The number of phenols is 1. The first-order chi connectivity index (χ1) is 10.7. The third-order valence-corrected chi connectivity index (χ3v) is 4.67. The molecule has 2 aliphatic rings. The number of nitrogens with one attached hydrogen (secondary N) is 1. The number of hydrogen-bond donors (Lipinski definition) is 2. The minimum Gasteiger partial charge on any atom is -0.508 e. The van der Waals surface area contributed by atoms with Crippen LogP contribution in [0.15, 0.2) is 48.5 Å². The molecule has 2 aromatic carbocycles. The summed E-state index contributed by atoms with van der Waals surface area (Å²) in [7, 11) is 0. The highest BCUT2D eigenvalue weighted by atomic mass is 35.5. The van der Waals surface area contributed by atoms with Gasteiger partial charge in [-0.2, -0.15) is 0 Å². The highest BCUT2D eigenvalue weighted by molar-refractivity contribution is 5.86. The molecule has 0 bridgehead atoms. The highest BCUT2D eigenvalue weighted by Gasteiger charge is 2.39. The van der Waals surface area contributed by atoms with Crippen molar-refractivity contribution in [2.75, 3.05) is 19.6 Å². The number of rotatable bonds is 1. The van der Waals surface area contributed by atoms with E-state index in [1.165, 1.54) is 5.56 Å². The molecule has 1 fully saturated rings. The summed E-state index contributed by atoms with van der Waals surface area (Å²) in [6.45, 7) is 2.36. The van der Waals surface area contributed by atoms with Gasteiger partial charge < -0.3 is 10.4 Å². The second-order valence-corrected chi connectivity index (χ2v) is 5.96. The summed E-state index contributed by atoms with van der Waals surface area (Å²) >= 11 is 0. The number of carbonyl (C=O) groups is 1. The predicted octanol–water partition coefficient (Wildman–Crippen LogP) is 2.85. The molecule has 2 N–H and O–H groups in total. The lowest BCUT2D eigenvalue weighted by Gasteiger charge is -2.43. The quantitative estimate of drug-likeness (QED) is 0.815. The van der Waals surface area contributed by atoms with Crippen LogP contribution < -0.4 is 5.32 Å². The minimum absolute atomic E-state index is 0. The average molecular weight is 367 g/mol. The Kier molecular flexibility index (Phi) is 5.75. The summed E-state index contributed by atoms with van der Waals surface area (Å²) in [5.41, 5.74) is 3.32. The standard InChI is InChI=1S/C18H18N2O2.2ClH/c21-13-6-7-14-15(10-13)17-18(22)19-8-9-20(17)11-16(14)12-4-2-1-3-5-12;;/h1-7,10,16-17,21H,8-9,11H2,(H,19,22);2*1H/t16-,17+;;/m1../s1. The first-order valence-electron chi connectivity index (χ1n) is 7.63. The third-order valence-electron chi connectivity index (χ3n) is 4.67. The Morgan fingerprint density at radius 3 is 2.54 bits per heavy atom. The van der Waals surface area contributed by atoms with Gasteiger partial charge in [0.2, 0.25) is 5.91 Å². The van der Waals surface area contributed by atoms with Gasteiger partial charge in [0.25, 0.3) is 0 Å². The Labute approximate surface area is 153 Å². The molecule has 6 heteroatoms. The molecule has 4 nitrogen and oxygen atoms in total. The van der Waals surface area contributed by atoms with Crippen molar-refractivity contribution in [1.29, 1.82) is 0 Å². The van der Waals surface area contributed by atoms with E-state index in [0.717, 1.165) is 24.2 Å². The van der Waals surface area contributed by atoms with E-state index in [1.807, 2.05) is 24.3 Å². The zero-order valence-electron chi connectivity index (χ0n) is 13.0. The van der Waals surface area contributed by atoms with Crippen molar-refractivity contribution in [2.45, 2.75) is 12.0 Å². The lowest BCUT2D eigenvalue weighted by Crippen LogP contribution is -2.53. The monoisotopic (exact) mass is 366 g/mol. The molecule has 4 rings (SSSR count). The number of amides is 1. The topological polar surface area (TPSA) is 52.6 Å². The molecule has 2 atom stereocenters. The summed E-state index contributed by atoms with van der Waals surface area (Å²) in [4.78, 5) is 14.5. The Morgan fingerprint density at radius 2 is 1.79 bits per heavy atom. The number of aromatic hydroxyl groups is 1. The van der Waals surface area contributed by atoms with Gasteiger partial charge in [-0.1, -0.05) is 36.4 Å². The zero-order chi connectivity index (χ0) is 15.1. The van der Waals surface area contributed by atoms with Crippen LogP contribution in [0.1, 0.15) is 28.7 Å². The first kappa shape index (κ1) is 18.6. The van der Waals surface area contributed by atoms with Gasteiger partial charge in [-0.25, -0.2) is 0 Å². The van der Waals surface area contributed by atoms with Crippen molar-refractivity contribution in [3.8, 4) is 5.75 Å². The molecule has 2 aliphatic heterocycles. The molecule has 2 heterocycles. The van der Waals surface area contributed by atoms with E-state index in [-0.39, 0.29) is 48.4 Å². The van der Waals surface area contributed by atoms with Crippen LogP contribution in [0.4, 0.5) is 0 Å². The molecule has 1 amide bonds. The van der Waals surface area contributed by atoms with E-state index in [0.29, 0.717) is 6.54 Å². The maximum absolute atomic E-state index is 12.3. The van der Waals surface area contributed by atoms with Gasteiger partial charge in [-0.3, -0.25) is 9.69 Å². The normalized spacial score (nSPS) is 22.2. The first-order valence-corrected chi connectivity index (χ1v) is 7.63. The summed E-state index contributed by atoms with van der Waals surface area (Å²) in [6.07, 6.45) is 0. The number of benzene rings is 2. The lowest BCUT2D eigenvalue weighted by molar-refractivity contribution is -0.129. The number of hydrogen-bond acceptors (Lipinski definition) is 3. The highest BCUT2D eigenvalue weighted by Crippen LogP contribution is 2.41. The minimum atomic E-state index is -0.282. The van der Waals surface area contributed by atoms with Gasteiger partial charge in [0.05, 0.1) is 0 Å². The largest absolute Gasteiger partial charge is 0.508 e. The molecule has 0 aliphatic carbocycles. The molecule has 0 aromatic heterocycles. The van der Waals surface area contributed by atoms with Crippen LogP contribution in [-0.2, 0) is 4.79 Å². The van der Waals surface area contributed by atoms with E-state index in [1.54, 1.807) is 12.1 Å². The molecule has 0 saturated carbocycles. The van der Waals surface area contributed by atoms with Gasteiger partial charge >= 0.3 is 0 Å². The molecule has 2 aromatic rings. The fraction of sp³-hybridized carbons (Fsp3) is 0.278. The maximum Gasteiger partial charge on any atom is 0.242 e. The van der Waals surface area contributed by atoms with Crippen LogP contribution in [0, 0.1) is 0 Å². The second kappa shape index (κ2) is 7.43. The van der Waals surface area contributed by atoms with Crippen molar-refractivity contribution in [1.82, 2.24) is 10.2 Å². The van der Waals surface area contributed by atoms with E-state index in [9.17, 15) is 9.90 Å². The van der Waals surface area contributed by atoms with Gasteiger partial charge in [0.15, 0.2) is 0 Å². The fourth-order valence-electron chi connectivity index (χ4n) is 3.67. The number of carbonyl (C=O) groups excluding carboxylic acids is 1. The van der Waals surface area contributed by atoms with Gasteiger partial charge in [-0.05, 0) is 28.8 Å². The maximum atomic E-state index is 12.3. The summed E-state index contributed by atoms with van der Waals surface area (Å²) in [6, 6.07) is 15.5. The number of halogens is 2. The van der Waals surface area contributed by atoms with E-state index in [2.05, 4.69) is 22.3 Å². The summed E-state index contributed by atoms with van der Waals surface area (Å²) in [5, 5.41) is 12.8. The predicted molar refractivity (Wildman–Crippen MR) is 98.2 cm³/mol. The van der Waals surface area contributed by atoms with Crippen LogP contribution in [0.5, 0.6) is 5.75 Å². The number of nitrogens with zero attached hydrogens (tertiary/aromatic N) is 1. The van der Waals surface area contributed by atoms with Crippen LogP contribution in [0.2, 0.25) is 0 Å². The Morgan fingerprint density at radius 1 is 1.04 bits per heavy atom. The van der Waals surface area contributed by atoms with Gasteiger partial charge in [0.1, 0.15) is 11.8 Å². The molecule has 0 unspecified atom stereocenters. The van der Waals surface area contributed by atoms with Crippen LogP contribution in [0.25, 0.3) is 0 Å². The van der Waals surface area contributed by atoms with Crippen LogP contribution in [0.3, 0.4) is 0 Å². The van der Waals surface area contributed by atoms with Gasteiger partial charge in [-0.15, -0.1) is 24.8 Å². The van der Waals surface area contributed by atoms with Crippen molar-refractivity contribution in [2.24, 2.45) is 0 Å². The molecule has 128 valence electrons. The third kappa shape index (κ3) is 3.09. The van der Waals surface area contributed by atoms with Crippen molar-refractivity contribution in [3.63, 3.8) is 0 Å². The van der Waals surface area contributed by atoms with E-state index >= 15 is 0 Å². The Hall–Kier alpha value is -1.75. The SMILES string of the molecule is Cl.Cl.O=C1NCCN2C[C@H](c3ccccc3)c3ccc(O)cc3[C@@H]12. The van der Waals surface area contributed by atoms with E-state index in [4.69, 9.17) is 0 Å². The number of piperazine rings is 1. The average Bonchev–Trinajstić information content (AvgIpc) is 2.54. The molecule has 0 radical (unpaired) electrons. The van der Waals surface area contributed by atoms with Crippen molar-refractivity contribution < 1.29 is 9.90 Å². The molecule has 1 saturated heterocycles. The van der Waals surface area contributed by atoms with Gasteiger partial charge in [0, 0.05) is 25.6 Å². The number of fused-ring (bicyclic) bond motifs is 3. The Balaban J connectivity index is 0.00000104. The molecular weight excluding hydrogens is 347 g/mol. The van der Waals surface area contributed by atoms with E-state index < -0.39 is 0 Å². The Bertz CT molecular complexity index is 724. The zero-order valence-corrected chi connectivity index (χ0v) is 14.6. The number of phenolic OH excluding ortho intramolecular Hbond substituents is 1.